The van der Waals surface area contributed by atoms with Crippen molar-refractivity contribution < 1.29 is 20.1 Å². The third-order valence-corrected chi connectivity index (χ3v) is 2.18. The van der Waals surface area contributed by atoms with Gasteiger partial charge in [0.15, 0.2) is 0 Å². The van der Waals surface area contributed by atoms with Crippen LogP contribution in [-0.2, 0) is 0 Å². The first kappa shape index (κ1) is 12.3. The molecule has 1 unspecified atom stereocenters. The van der Waals surface area contributed by atoms with Crippen LogP contribution in [0.25, 0.3) is 0 Å². The SMILES string of the molecule is C=C(C)CC(O)c1cc(C(=O)O)ccc1O. The smallest absolute Gasteiger partial charge is 0.335 e. The first-order valence-electron chi connectivity index (χ1n) is 4.80. The average molecular weight is 222 g/mol. The first-order valence-corrected chi connectivity index (χ1v) is 4.80. The Kier molecular flexibility index (Phi) is 3.68. The summed E-state index contributed by atoms with van der Waals surface area (Å²) in [6.07, 6.45) is -0.645. The molecule has 0 radical (unpaired) electrons. The van der Waals surface area contributed by atoms with Gasteiger partial charge < -0.3 is 15.3 Å². The summed E-state index contributed by atoms with van der Waals surface area (Å²) in [6, 6.07) is 3.82. The normalized spacial score (nSPS) is 12.1. The van der Waals surface area contributed by atoms with E-state index in [1.165, 1.54) is 18.2 Å². The number of phenols is 1. The van der Waals surface area contributed by atoms with Crippen LogP contribution >= 0.6 is 0 Å². The van der Waals surface area contributed by atoms with Gasteiger partial charge in [0, 0.05) is 5.56 Å². The van der Waals surface area contributed by atoms with Crippen molar-refractivity contribution in [2.45, 2.75) is 19.4 Å². The predicted molar refractivity (Wildman–Crippen MR) is 59.5 cm³/mol. The molecule has 1 atom stereocenters. The maximum Gasteiger partial charge on any atom is 0.335 e. The van der Waals surface area contributed by atoms with E-state index >= 15 is 0 Å². The molecule has 1 aromatic rings. The molecule has 0 aromatic heterocycles. The van der Waals surface area contributed by atoms with Crippen molar-refractivity contribution in [3.05, 3.63) is 41.5 Å². The molecule has 0 amide bonds. The number of aromatic hydroxyl groups is 1. The average Bonchev–Trinajstić information content (AvgIpc) is 2.16. The van der Waals surface area contributed by atoms with E-state index in [9.17, 15) is 15.0 Å². The van der Waals surface area contributed by atoms with E-state index < -0.39 is 12.1 Å². The van der Waals surface area contributed by atoms with Crippen LogP contribution in [0.3, 0.4) is 0 Å². The molecule has 4 nitrogen and oxygen atoms in total. The van der Waals surface area contributed by atoms with Crippen molar-refractivity contribution in [1.29, 1.82) is 0 Å². The molecule has 86 valence electrons. The minimum Gasteiger partial charge on any atom is -0.508 e. The number of benzene rings is 1. The minimum absolute atomic E-state index is 0.0357. The number of carboxylic acids is 1. The molecule has 0 saturated heterocycles. The summed E-state index contributed by atoms with van der Waals surface area (Å²) >= 11 is 0. The molecule has 0 aliphatic carbocycles. The number of aliphatic hydroxyl groups is 1. The molecule has 0 fully saturated rings. The van der Waals surface area contributed by atoms with Gasteiger partial charge >= 0.3 is 5.97 Å². The van der Waals surface area contributed by atoms with Gasteiger partial charge in [0.05, 0.1) is 11.7 Å². The zero-order valence-electron chi connectivity index (χ0n) is 8.97. The van der Waals surface area contributed by atoms with Gasteiger partial charge in [0.2, 0.25) is 0 Å². The quantitative estimate of drug-likeness (QED) is 0.681. The van der Waals surface area contributed by atoms with E-state index in [0.717, 1.165) is 5.57 Å². The highest BCUT2D eigenvalue weighted by Gasteiger charge is 2.15. The van der Waals surface area contributed by atoms with E-state index in [1.807, 2.05) is 0 Å². The number of carbonyl (C=O) groups is 1. The van der Waals surface area contributed by atoms with Crippen molar-refractivity contribution in [2.24, 2.45) is 0 Å². The second kappa shape index (κ2) is 4.81. The van der Waals surface area contributed by atoms with Gasteiger partial charge in [-0.1, -0.05) is 5.57 Å². The Morgan fingerprint density at radius 3 is 2.62 bits per heavy atom. The fourth-order valence-corrected chi connectivity index (χ4v) is 1.39. The lowest BCUT2D eigenvalue weighted by molar-refractivity contribution is 0.0696. The van der Waals surface area contributed by atoms with Crippen LogP contribution in [-0.4, -0.2) is 21.3 Å². The summed E-state index contributed by atoms with van der Waals surface area (Å²) in [6.45, 7) is 5.40. The molecule has 0 bridgehead atoms. The lowest BCUT2D eigenvalue weighted by Gasteiger charge is -2.13. The van der Waals surface area contributed by atoms with Crippen LogP contribution in [0.2, 0.25) is 0 Å². The standard InChI is InChI=1S/C12H14O4/c1-7(2)5-11(14)9-6-8(12(15)16)3-4-10(9)13/h3-4,6,11,13-14H,1,5H2,2H3,(H,15,16). The molecule has 0 heterocycles. The van der Waals surface area contributed by atoms with Gasteiger partial charge in [-0.25, -0.2) is 4.79 Å². The van der Waals surface area contributed by atoms with Gasteiger partial charge in [-0.3, -0.25) is 0 Å². The molecule has 1 aromatic carbocycles. The Labute approximate surface area is 93.5 Å². The van der Waals surface area contributed by atoms with Crippen molar-refractivity contribution in [3.8, 4) is 5.75 Å². The van der Waals surface area contributed by atoms with E-state index in [2.05, 4.69) is 6.58 Å². The lowest BCUT2D eigenvalue weighted by atomic mass is 10.00. The number of hydrogen-bond acceptors (Lipinski definition) is 3. The fourth-order valence-electron chi connectivity index (χ4n) is 1.39. The first-order chi connectivity index (χ1) is 7.41. The van der Waals surface area contributed by atoms with Crippen LogP contribution in [0, 0.1) is 0 Å². The maximum absolute atomic E-state index is 10.7. The Hall–Kier alpha value is -1.81. The lowest BCUT2D eigenvalue weighted by Crippen LogP contribution is -2.02. The third kappa shape index (κ3) is 2.84. The van der Waals surface area contributed by atoms with E-state index in [4.69, 9.17) is 5.11 Å². The molecule has 0 aliphatic rings. The molecule has 1 rings (SSSR count). The van der Waals surface area contributed by atoms with Crippen LogP contribution < -0.4 is 0 Å². The summed E-state index contributed by atoms with van der Waals surface area (Å²) < 4.78 is 0. The zero-order chi connectivity index (χ0) is 12.3. The number of aliphatic hydroxyl groups excluding tert-OH is 1. The highest BCUT2D eigenvalue weighted by atomic mass is 16.4. The monoisotopic (exact) mass is 222 g/mol. The summed E-state index contributed by atoms with van der Waals surface area (Å²) in [7, 11) is 0. The summed E-state index contributed by atoms with van der Waals surface area (Å²) in [5, 5.41) is 28.1. The minimum atomic E-state index is -1.09. The molecular formula is C12H14O4. The Morgan fingerprint density at radius 2 is 2.12 bits per heavy atom. The second-order valence-corrected chi connectivity index (χ2v) is 3.76. The largest absolute Gasteiger partial charge is 0.508 e. The molecular weight excluding hydrogens is 208 g/mol. The fraction of sp³-hybridized carbons (Fsp3) is 0.250. The van der Waals surface area contributed by atoms with E-state index in [1.54, 1.807) is 6.92 Å². The van der Waals surface area contributed by atoms with Crippen molar-refractivity contribution in [3.63, 3.8) is 0 Å². The summed E-state index contributed by atoms with van der Waals surface area (Å²) in [4.78, 5) is 10.7. The van der Waals surface area contributed by atoms with Crippen molar-refractivity contribution in [2.75, 3.05) is 0 Å². The molecule has 0 spiro atoms. The van der Waals surface area contributed by atoms with Crippen LogP contribution in [0.1, 0.15) is 35.4 Å². The topological polar surface area (TPSA) is 77.8 Å². The third-order valence-electron chi connectivity index (χ3n) is 2.18. The predicted octanol–water partition coefficient (Wildman–Crippen LogP) is 2.09. The summed E-state index contributed by atoms with van der Waals surface area (Å²) in [5.74, 6) is -1.21. The Balaban J connectivity index is 3.06. The number of carboxylic acid groups (broad SMARTS) is 1. The molecule has 4 heteroatoms. The van der Waals surface area contributed by atoms with Crippen LogP contribution in [0.15, 0.2) is 30.4 Å². The van der Waals surface area contributed by atoms with Crippen molar-refractivity contribution >= 4 is 5.97 Å². The highest BCUT2D eigenvalue weighted by Crippen LogP contribution is 2.29. The van der Waals surface area contributed by atoms with E-state index in [0.29, 0.717) is 0 Å². The van der Waals surface area contributed by atoms with Crippen molar-refractivity contribution in [1.82, 2.24) is 0 Å². The van der Waals surface area contributed by atoms with E-state index in [-0.39, 0.29) is 23.3 Å². The zero-order valence-corrected chi connectivity index (χ0v) is 8.97. The Morgan fingerprint density at radius 1 is 1.50 bits per heavy atom. The highest BCUT2D eigenvalue weighted by molar-refractivity contribution is 5.88. The van der Waals surface area contributed by atoms with Gasteiger partial charge in [-0.15, -0.1) is 6.58 Å². The number of aromatic carboxylic acids is 1. The number of phenolic OH excluding ortho intramolecular Hbond substituents is 1. The molecule has 0 saturated carbocycles. The molecule has 0 aliphatic heterocycles. The molecule has 3 N–H and O–H groups in total. The maximum atomic E-state index is 10.7. The number of hydrogen-bond donors (Lipinski definition) is 3. The van der Waals surface area contributed by atoms with Gasteiger partial charge in [0.25, 0.3) is 0 Å². The Bertz CT molecular complexity index is 423. The number of rotatable bonds is 4. The van der Waals surface area contributed by atoms with Gasteiger partial charge in [-0.05, 0) is 31.5 Å². The van der Waals surface area contributed by atoms with Gasteiger partial charge in [-0.2, -0.15) is 0 Å². The van der Waals surface area contributed by atoms with Crippen LogP contribution in [0.4, 0.5) is 0 Å². The summed E-state index contributed by atoms with van der Waals surface area (Å²) in [5.41, 5.74) is 1.00. The molecule has 16 heavy (non-hydrogen) atoms. The van der Waals surface area contributed by atoms with Gasteiger partial charge in [0.1, 0.15) is 5.75 Å². The van der Waals surface area contributed by atoms with Crippen LogP contribution in [0.5, 0.6) is 5.75 Å². The second-order valence-electron chi connectivity index (χ2n) is 3.76.